The van der Waals surface area contributed by atoms with Crippen LogP contribution in [0.5, 0.6) is 0 Å². The molecule has 148 heavy (non-hydrogen) atoms. The van der Waals surface area contributed by atoms with Gasteiger partial charge in [-0.05, 0) is 239 Å². The van der Waals surface area contributed by atoms with Gasteiger partial charge in [-0.1, -0.05) is 461 Å². The van der Waals surface area contributed by atoms with Gasteiger partial charge < -0.3 is 0 Å². The Kier molecular flexibility index (Phi) is 20.2. The molecule has 0 unspecified atom stereocenters. The molecule has 0 saturated heterocycles. The SMILES string of the molecule is c1ccc(-c2cc(-c3ccccc3)nc(-c3ccc(-c4cc(-c5ccc6c7ccccc7c7ccccc7c6c5)c5cc(-c6ccc7c8ccccc8c8ccccc8c7c6)c6ccccc6c5n4)cc3)n2)cc1.c1ccc(-c2nc(-c3ccccc3)nc(-c3ccc(-c4cc(-c5ccc6c7ccccc7c7ccccc7c6c5)c5cc(-c6ccc7c8ccccc8c8ccccc8c7c6)c6ccccc6c5n4)cc3)n2)cc1. The van der Waals surface area contributed by atoms with Gasteiger partial charge in [0.15, 0.2) is 23.3 Å². The highest BCUT2D eigenvalue weighted by atomic mass is 15.0. The molecule has 0 aliphatic rings. The molecule has 0 N–H and O–H groups in total. The van der Waals surface area contributed by atoms with Crippen LogP contribution in [-0.2, 0) is 0 Å². The standard InChI is InChI=1S/C71H43N3.C70H42N4/c1-3-17-44(18-4-1)68-43-69(45-19-5-2-6-20-45)74-71(73-68)47-33-31-46(32-34-47)67-42-63(49-36-38-60-55-26-10-8-22-51(55)53-24-12-14-28-57(53)65(60)40-49)66-41-62(58-29-15-16-30-61(58)70(66)72-67)48-35-37-59-54-25-9-7-21-50(54)52-23-11-13-27-56(52)64(59)39-48;1-3-17-44(18-4-1)68-72-69(45-19-5-2-6-20-45)74-70(73-68)46-33-31-43(32-34-46)66-42-62(48-36-38-59-54-26-10-8-22-50(54)52-24-12-14-28-56(52)64(59)40-48)65-41-61(57-29-15-16-30-60(57)67(65)71-66)47-35-37-58-53-25-9-7-21-49(53)51-23-11-13-27-55(51)63(58)39-47/h1-43H;1-42H. The summed E-state index contributed by atoms with van der Waals surface area (Å²) < 4.78 is 0. The summed E-state index contributed by atoms with van der Waals surface area (Å²) >= 11 is 0. The van der Waals surface area contributed by atoms with Gasteiger partial charge in [0.1, 0.15) is 0 Å². The maximum absolute atomic E-state index is 5.65. The fraction of sp³-hybridized carbons (Fsp3) is 0. The first kappa shape index (κ1) is 85.1. The van der Waals surface area contributed by atoms with Gasteiger partial charge in [0, 0.05) is 66.1 Å². The van der Waals surface area contributed by atoms with Crippen molar-refractivity contribution in [2.75, 3.05) is 0 Å². The summed E-state index contributed by atoms with van der Waals surface area (Å²) in [7, 11) is 0. The average molecular weight is 1880 g/mol. The first-order valence-electron chi connectivity index (χ1n) is 50.5. The van der Waals surface area contributed by atoms with Gasteiger partial charge in [-0.3, -0.25) is 0 Å². The predicted molar refractivity (Wildman–Crippen MR) is 623 cm³/mol. The molecule has 0 bridgehead atoms. The summed E-state index contributed by atoms with van der Waals surface area (Å²) in [5.41, 5.74) is 22.5. The summed E-state index contributed by atoms with van der Waals surface area (Å²) in [6.45, 7) is 0. The normalized spacial score (nSPS) is 11.8. The molecule has 7 nitrogen and oxygen atoms in total. The van der Waals surface area contributed by atoms with Gasteiger partial charge in [-0.15, -0.1) is 0 Å². The van der Waals surface area contributed by atoms with Crippen LogP contribution in [0.3, 0.4) is 0 Å². The van der Waals surface area contributed by atoms with E-state index in [1.54, 1.807) is 0 Å². The number of rotatable bonds is 12. The van der Waals surface area contributed by atoms with Crippen molar-refractivity contribution in [3.63, 3.8) is 0 Å². The number of hydrogen-bond donors (Lipinski definition) is 0. The first-order chi connectivity index (χ1) is 73.4. The van der Waals surface area contributed by atoms with Crippen LogP contribution in [0.2, 0.25) is 0 Å². The van der Waals surface area contributed by atoms with Crippen LogP contribution >= 0.6 is 0 Å². The predicted octanol–water partition coefficient (Wildman–Crippen LogP) is 37.6. The molecular weight excluding hydrogens is 1790 g/mol. The van der Waals surface area contributed by atoms with Gasteiger partial charge in [-0.25, -0.2) is 34.9 Å². The molecule has 30 aromatic rings. The Morgan fingerprint density at radius 1 is 0.0878 bits per heavy atom. The van der Waals surface area contributed by atoms with Crippen molar-refractivity contribution >= 4 is 173 Å². The maximum Gasteiger partial charge on any atom is 0.164 e. The van der Waals surface area contributed by atoms with Crippen molar-refractivity contribution < 1.29 is 0 Å². The zero-order valence-corrected chi connectivity index (χ0v) is 80.2. The Bertz CT molecular complexity index is 9870. The van der Waals surface area contributed by atoms with Crippen molar-refractivity contribution in [1.82, 2.24) is 34.9 Å². The van der Waals surface area contributed by atoms with E-state index in [1.807, 2.05) is 72.8 Å². The molecular formula is C141H85N7. The number of nitrogens with zero attached hydrogens (tertiary/aromatic N) is 7. The van der Waals surface area contributed by atoms with Gasteiger partial charge in [0.2, 0.25) is 0 Å². The number of benzene rings is 26. The Morgan fingerprint density at radius 3 is 0.514 bits per heavy atom. The second-order valence-electron chi connectivity index (χ2n) is 38.6. The fourth-order valence-corrected chi connectivity index (χ4v) is 23.3. The molecule has 4 heterocycles. The third-order valence-corrected chi connectivity index (χ3v) is 30.3. The molecule has 30 rings (SSSR count). The highest BCUT2D eigenvalue weighted by Crippen LogP contribution is 2.50. The van der Waals surface area contributed by atoms with E-state index in [4.69, 9.17) is 34.9 Å². The molecule has 0 radical (unpaired) electrons. The zero-order chi connectivity index (χ0) is 97.4. The van der Waals surface area contributed by atoms with E-state index >= 15 is 0 Å². The summed E-state index contributed by atoms with van der Waals surface area (Å²) in [4.78, 5) is 36.6. The van der Waals surface area contributed by atoms with Crippen molar-refractivity contribution in [1.29, 1.82) is 0 Å². The molecule has 0 amide bonds. The Balaban J connectivity index is 0.000000140. The molecule has 0 fully saturated rings. The average Bonchev–Trinajstić information content (AvgIpc) is 0.707. The van der Waals surface area contributed by atoms with Crippen molar-refractivity contribution in [2.45, 2.75) is 0 Å². The lowest BCUT2D eigenvalue weighted by Gasteiger charge is -2.18. The summed E-state index contributed by atoms with van der Waals surface area (Å²) in [6.07, 6.45) is 0. The molecule has 0 aliphatic carbocycles. The lowest BCUT2D eigenvalue weighted by atomic mass is 9.88. The second-order valence-corrected chi connectivity index (χ2v) is 38.6. The van der Waals surface area contributed by atoms with E-state index in [0.717, 1.165) is 133 Å². The van der Waals surface area contributed by atoms with E-state index < -0.39 is 0 Å². The Hall–Kier alpha value is -19.7. The van der Waals surface area contributed by atoms with Gasteiger partial charge in [0.05, 0.1) is 33.8 Å². The van der Waals surface area contributed by atoms with Crippen LogP contribution in [0.15, 0.2) is 516 Å². The molecule has 0 spiro atoms. The minimum atomic E-state index is 0.612. The zero-order valence-electron chi connectivity index (χ0n) is 80.2. The highest BCUT2D eigenvalue weighted by molar-refractivity contribution is 6.31. The number of aromatic nitrogens is 7. The molecule has 0 aliphatic heterocycles. The number of fused-ring (bicyclic) bond motifs is 30. The Morgan fingerprint density at radius 2 is 0.257 bits per heavy atom. The summed E-state index contributed by atoms with van der Waals surface area (Å²) in [6, 6.07) is 186. The smallest absolute Gasteiger partial charge is 0.164 e. The molecule has 7 heteroatoms. The monoisotopic (exact) mass is 1880 g/mol. The topological polar surface area (TPSA) is 90.2 Å². The van der Waals surface area contributed by atoms with Gasteiger partial charge in [0.25, 0.3) is 0 Å². The van der Waals surface area contributed by atoms with Crippen LogP contribution in [0.4, 0.5) is 0 Å². The third kappa shape index (κ3) is 14.5. The molecule has 26 aromatic carbocycles. The molecule has 4 aromatic heterocycles. The maximum atomic E-state index is 5.65. The quantitative estimate of drug-likeness (QED) is 0.113. The Labute approximate surface area is 852 Å². The third-order valence-electron chi connectivity index (χ3n) is 30.3. The van der Waals surface area contributed by atoms with Crippen molar-refractivity contribution in [3.8, 4) is 135 Å². The van der Waals surface area contributed by atoms with E-state index in [9.17, 15) is 0 Å². The number of hydrogen-bond acceptors (Lipinski definition) is 7. The van der Waals surface area contributed by atoms with Gasteiger partial charge >= 0.3 is 0 Å². The molecule has 684 valence electrons. The largest absolute Gasteiger partial charge is 0.247 e. The van der Waals surface area contributed by atoms with Crippen LogP contribution in [0.25, 0.3) is 308 Å². The fourth-order valence-electron chi connectivity index (χ4n) is 23.3. The highest BCUT2D eigenvalue weighted by Gasteiger charge is 2.25. The van der Waals surface area contributed by atoms with Gasteiger partial charge in [-0.2, -0.15) is 0 Å². The van der Waals surface area contributed by atoms with Crippen molar-refractivity contribution in [3.05, 3.63) is 516 Å². The number of pyridine rings is 2. The van der Waals surface area contributed by atoms with Crippen LogP contribution < -0.4 is 0 Å². The molecule has 0 atom stereocenters. The van der Waals surface area contributed by atoms with Crippen LogP contribution in [0, 0.1) is 0 Å². The van der Waals surface area contributed by atoms with E-state index in [0.29, 0.717) is 23.3 Å². The lowest BCUT2D eigenvalue weighted by molar-refractivity contribution is 1.07. The lowest BCUT2D eigenvalue weighted by Crippen LogP contribution is -2.00. The summed E-state index contributed by atoms with van der Waals surface area (Å²) in [5.74, 6) is 2.55. The van der Waals surface area contributed by atoms with Crippen LogP contribution in [-0.4, -0.2) is 34.9 Å². The van der Waals surface area contributed by atoms with E-state index in [1.165, 1.54) is 152 Å². The molecule has 0 saturated carbocycles. The van der Waals surface area contributed by atoms with Crippen molar-refractivity contribution in [2.24, 2.45) is 0 Å². The first-order valence-corrected chi connectivity index (χ1v) is 50.5. The minimum absolute atomic E-state index is 0.612. The van der Waals surface area contributed by atoms with E-state index in [2.05, 4.69) is 443 Å². The second kappa shape index (κ2) is 35.2. The minimum Gasteiger partial charge on any atom is -0.247 e. The van der Waals surface area contributed by atoms with E-state index in [-0.39, 0.29) is 0 Å². The summed E-state index contributed by atoms with van der Waals surface area (Å²) in [5, 5.41) is 36.9. The van der Waals surface area contributed by atoms with Crippen LogP contribution in [0.1, 0.15) is 0 Å².